The molecular weight excluding hydrogens is 278 g/mol. The van der Waals surface area contributed by atoms with Gasteiger partial charge in [0, 0.05) is 5.56 Å². The molecule has 0 bridgehead atoms. The molecule has 21 heavy (non-hydrogen) atoms. The van der Waals surface area contributed by atoms with Gasteiger partial charge in [0.2, 0.25) is 0 Å². The minimum Gasteiger partial charge on any atom is -0.493 e. The summed E-state index contributed by atoms with van der Waals surface area (Å²) in [6.45, 7) is -0.264. The van der Waals surface area contributed by atoms with Gasteiger partial charge in [0.1, 0.15) is 0 Å². The highest BCUT2D eigenvalue weighted by Gasteiger charge is 2.12. The molecule has 1 aromatic heterocycles. The molecule has 2 aromatic rings. The van der Waals surface area contributed by atoms with E-state index in [0.717, 1.165) is 4.68 Å². The maximum atomic E-state index is 11.9. The Morgan fingerprint density at radius 1 is 1.24 bits per heavy atom. The van der Waals surface area contributed by atoms with E-state index in [1.54, 1.807) is 18.2 Å². The predicted octanol–water partition coefficient (Wildman–Crippen LogP) is -0.392. The number of methoxy groups -OCH3 is 2. The van der Waals surface area contributed by atoms with Crippen LogP contribution in [0, 0.1) is 0 Å². The molecule has 1 aromatic carbocycles. The molecule has 8 heteroatoms. The third kappa shape index (κ3) is 2.95. The lowest BCUT2D eigenvalue weighted by molar-refractivity contribution is 0.265. The van der Waals surface area contributed by atoms with E-state index in [2.05, 4.69) is 10.1 Å². The van der Waals surface area contributed by atoms with Gasteiger partial charge in [0.25, 0.3) is 5.56 Å². The summed E-state index contributed by atoms with van der Waals surface area (Å²) in [6.07, 6.45) is 0. The van der Waals surface area contributed by atoms with Gasteiger partial charge in [0.05, 0.1) is 27.4 Å². The minimum absolute atomic E-state index is 0.00406. The zero-order valence-electron chi connectivity index (χ0n) is 11.6. The molecule has 0 saturated carbocycles. The molecule has 0 radical (unpaired) electrons. The highest BCUT2D eigenvalue weighted by atomic mass is 16.5. The Hall–Kier alpha value is -2.61. The maximum absolute atomic E-state index is 11.9. The van der Waals surface area contributed by atoms with Crippen molar-refractivity contribution >= 4 is 0 Å². The van der Waals surface area contributed by atoms with Crippen molar-refractivity contribution < 1.29 is 14.6 Å². The molecule has 0 fully saturated rings. The molecule has 0 amide bonds. The highest BCUT2D eigenvalue weighted by molar-refractivity contribution is 5.62. The summed E-state index contributed by atoms with van der Waals surface area (Å²) in [4.78, 5) is 25.6. The Morgan fingerprint density at radius 2 is 1.95 bits per heavy atom. The molecule has 2 N–H and O–H groups in total. The van der Waals surface area contributed by atoms with Crippen LogP contribution in [0.15, 0.2) is 27.8 Å². The van der Waals surface area contributed by atoms with E-state index >= 15 is 0 Å². The summed E-state index contributed by atoms with van der Waals surface area (Å²) >= 11 is 0. The van der Waals surface area contributed by atoms with E-state index < -0.39 is 11.2 Å². The Kier molecular flexibility index (Phi) is 4.39. The molecule has 0 aliphatic carbocycles. The van der Waals surface area contributed by atoms with Gasteiger partial charge in [-0.1, -0.05) is 0 Å². The van der Waals surface area contributed by atoms with Crippen LogP contribution in [0.5, 0.6) is 11.5 Å². The number of aliphatic hydroxyl groups excluding tert-OH is 1. The molecule has 8 nitrogen and oxygen atoms in total. The molecule has 0 unspecified atom stereocenters. The van der Waals surface area contributed by atoms with Gasteiger partial charge >= 0.3 is 5.69 Å². The van der Waals surface area contributed by atoms with Gasteiger partial charge < -0.3 is 14.6 Å². The first-order valence-corrected chi connectivity index (χ1v) is 6.15. The maximum Gasteiger partial charge on any atom is 0.344 e. The van der Waals surface area contributed by atoms with Gasteiger partial charge in [-0.15, -0.1) is 0 Å². The zero-order chi connectivity index (χ0) is 15.4. The summed E-state index contributed by atoms with van der Waals surface area (Å²) in [5.41, 5.74) is -0.746. The monoisotopic (exact) mass is 293 g/mol. The van der Waals surface area contributed by atoms with Crippen LogP contribution >= 0.6 is 0 Å². The molecule has 0 saturated heterocycles. The van der Waals surface area contributed by atoms with Crippen LogP contribution in [0.25, 0.3) is 11.3 Å². The number of H-pyrrole nitrogens is 1. The molecule has 0 aliphatic rings. The van der Waals surface area contributed by atoms with Gasteiger partial charge in [-0.3, -0.25) is 9.78 Å². The predicted molar refractivity (Wildman–Crippen MR) is 74.7 cm³/mol. The largest absolute Gasteiger partial charge is 0.493 e. The van der Waals surface area contributed by atoms with Crippen molar-refractivity contribution in [1.82, 2.24) is 14.8 Å². The van der Waals surface area contributed by atoms with Crippen molar-refractivity contribution in [3.8, 4) is 22.8 Å². The van der Waals surface area contributed by atoms with Crippen LogP contribution in [0.2, 0.25) is 0 Å². The van der Waals surface area contributed by atoms with Crippen molar-refractivity contribution in [2.45, 2.75) is 6.54 Å². The summed E-state index contributed by atoms with van der Waals surface area (Å²) in [5, 5.41) is 12.9. The molecule has 112 valence electrons. The highest BCUT2D eigenvalue weighted by Crippen LogP contribution is 2.30. The van der Waals surface area contributed by atoms with E-state index in [0.29, 0.717) is 17.1 Å². The van der Waals surface area contributed by atoms with E-state index in [-0.39, 0.29) is 18.8 Å². The average Bonchev–Trinajstić information content (AvgIpc) is 2.49. The quantitative estimate of drug-likeness (QED) is 0.777. The fraction of sp³-hybridized carbons (Fsp3) is 0.308. The Balaban J connectivity index is 2.58. The lowest BCUT2D eigenvalue weighted by Gasteiger charge is -2.09. The third-order valence-corrected chi connectivity index (χ3v) is 2.86. The molecule has 0 spiro atoms. The Labute approximate surface area is 119 Å². The number of aromatic nitrogens is 3. The fourth-order valence-corrected chi connectivity index (χ4v) is 1.85. The van der Waals surface area contributed by atoms with Crippen molar-refractivity contribution in [2.75, 3.05) is 20.8 Å². The van der Waals surface area contributed by atoms with Gasteiger partial charge in [-0.25, -0.2) is 9.48 Å². The molecular formula is C13H15N3O5. The summed E-state index contributed by atoms with van der Waals surface area (Å²) in [7, 11) is 2.98. The standard InChI is InChI=1S/C13H15N3O5/c1-20-9-4-3-8(7-10(9)21-2)11-12(18)14-13(19)16(15-11)5-6-17/h3-4,7,17H,5-6H2,1-2H3,(H,14,18,19). The van der Waals surface area contributed by atoms with E-state index in [4.69, 9.17) is 14.6 Å². The third-order valence-electron chi connectivity index (χ3n) is 2.86. The number of ether oxygens (including phenoxy) is 2. The first-order valence-electron chi connectivity index (χ1n) is 6.15. The second-order valence-corrected chi connectivity index (χ2v) is 4.12. The zero-order valence-corrected chi connectivity index (χ0v) is 11.6. The number of aliphatic hydroxyl groups is 1. The first-order chi connectivity index (χ1) is 10.1. The lowest BCUT2D eigenvalue weighted by atomic mass is 10.1. The van der Waals surface area contributed by atoms with Gasteiger partial charge in [-0.05, 0) is 18.2 Å². The normalized spacial score (nSPS) is 10.4. The van der Waals surface area contributed by atoms with Crippen LogP contribution in [0.4, 0.5) is 0 Å². The molecule has 0 aliphatic heterocycles. The van der Waals surface area contributed by atoms with E-state index in [1.807, 2.05) is 0 Å². The van der Waals surface area contributed by atoms with Crippen LogP contribution < -0.4 is 20.7 Å². The van der Waals surface area contributed by atoms with Crippen LogP contribution in [-0.4, -0.2) is 40.7 Å². The number of hydrogen-bond donors (Lipinski definition) is 2. The smallest absolute Gasteiger partial charge is 0.344 e. The van der Waals surface area contributed by atoms with Crippen molar-refractivity contribution in [3.63, 3.8) is 0 Å². The second kappa shape index (κ2) is 6.23. The molecule has 2 rings (SSSR count). The SMILES string of the molecule is COc1ccc(-c2nn(CCO)c(=O)[nH]c2=O)cc1OC. The van der Waals surface area contributed by atoms with Crippen molar-refractivity contribution in [2.24, 2.45) is 0 Å². The van der Waals surface area contributed by atoms with Crippen molar-refractivity contribution in [1.29, 1.82) is 0 Å². The molecule has 0 atom stereocenters. The van der Waals surface area contributed by atoms with Gasteiger partial charge in [-0.2, -0.15) is 5.10 Å². The number of benzene rings is 1. The summed E-state index contributed by atoms with van der Waals surface area (Å²) in [6, 6.07) is 4.85. The van der Waals surface area contributed by atoms with Gasteiger partial charge in [0.15, 0.2) is 17.2 Å². The second-order valence-electron chi connectivity index (χ2n) is 4.12. The van der Waals surface area contributed by atoms with Crippen LogP contribution in [-0.2, 0) is 6.54 Å². The first kappa shape index (κ1) is 14.8. The topological polar surface area (TPSA) is 106 Å². The number of aromatic amines is 1. The van der Waals surface area contributed by atoms with Crippen LogP contribution in [0.3, 0.4) is 0 Å². The number of hydrogen-bond acceptors (Lipinski definition) is 6. The van der Waals surface area contributed by atoms with E-state index in [9.17, 15) is 9.59 Å². The number of nitrogens with zero attached hydrogens (tertiary/aromatic N) is 2. The fourth-order valence-electron chi connectivity index (χ4n) is 1.85. The number of rotatable bonds is 5. The van der Waals surface area contributed by atoms with Crippen molar-refractivity contribution in [3.05, 3.63) is 39.0 Å². The molecule has 1 heterocycles. The lowest BCUT2D eigenvalue weighted by Crippen LogP contribution is -2.34. The number of nitrogens with one attached hydrogen (secondary N) is 1. The average molecular weight is 293 g/mol. The Bertz CT molecular complexity index is 750. The Morgan fingerprint density at radius 3 is 2.57 bits per heavy atom. The summed E-state index contributed by atoms with van der Waals surface area (Å²) < 4.78 is 11.3. The van der Waals surface area contributed by atoms with Crippen LogP contribution in [0.1, 0.15) is 0 Å². The minimum atomic E-state index is -0.668. The summed E-state index contributed by atoms with van der Waals surface area (Å²) in [5.74, 6) is 0.956. The van der Waals surface area contributed by atoms with E-state index in [1.165, 1.54) is 14.2 Å².